The van der Waals surface area contributed by atoms with Crippen molar-refractivity contribution in [1.82, 2.24) is 4.90 Å². The Bertz CT molecular complexity index is 884. The monoisotopic (exact) mass is 427 g/mol. The van der Waals surface area contributed by atoms with Gasteiger partial charge in [-0.2, -0.15) is 0 Å². The van der Waals surface area contributed by atoms with Crippen molar-refractivity contribution in [2.45, 2.75) is 45.6 Å². The van der Waals surface area contributed by atoms with Crippen LogP contribution in [-0.2, 0) is 0 Å². The lowest BCUT2D eigenvalue weighted by atomic mass is 9.94. The first-order valence-corrected chi connectivity index (χ1v) is 10.9. The molecule has 0 unspecified atom stereocenters. The van der Waals surface area contributed by atoms with Gasteiger partial charge in [0.15, 0.2) is 0 Å². The normalized spacial score (nSPS) is 12.9. The van der Waals surface area contributed by atoms with Gasteiger partial charge >= 0.3 is 0 Å². The van der Waals surface area contributed by atoms with E-state index < -0.39 is 6.10 Å². The van der Waals surface area contributed by atoms with Crippen LogP contribution in [0.25, 0.3) is 21.5 Å². The summed E-state index contributed by atoms with van der Waals surface area (Å²) in [5.74, 6) is 0. The summed E-state index contributed by atoms with van der Waals surface area (Å²) < 4.78 is 1.07. The zero-order valence-corrected chi connectivity index (χ0v) is 18.0. The summed E-state index contributed by atoms with van der Waals surface area (Å²) in [6.07, 6.45) is 4.26. The van der Waals surface area contributed by atoms with Crippen molar-refractivity contribution in [3.8, 4) is 0 Å². The highest BCUT2D eigenvalue weighted by molar-refractivity contribution is 9.10. The van der Waals surface area contributed by atoms with Crippen molar-refractivity contribution >= 4 is 37.5 Å². The molecule has 0 fully saturated rings. The highest BCUT2D eigenvalue weighted by Gasteiger charge is 2.17. The van der Waals surface area contributed by atoms with E-state index in [9.17, 15) is 5.11 Å². The molecule has 1 N–H and O–H groups in total. The Labute approximate surface area is 171 Å². The molecule has 27 heavy (non-hydrogen) atoms. The first-order chi connectivity index (χ1) is 13.1. The Morgan fingerprint density at radius 1 is 0.889 bits per heavy atom. The van der Waals surface area contributed by atoms with Crippen molar-refractivity contribution < 1.29 is 5.11 Å². The maximum atomic E-state index is 11.2. The zero-order valence-electron chi connectivity index (χ0n) is 16.4. The van der Waals surface area contributed by atoms with Crippen LogP contribution in [0.3, 0.4) is 0 Å². The minimum absolute atomic E-state index is 0.480. The average Bonchev–Trinajstić information content (AvgIpc) is 2.69. The van der Waals surface area contributed by atoms with Gasteiger partial charge in [-0.25, -0.2) is 0 Å². The fourth-order valence-electron chi connectivity index (χ4n) is 3.78. The number of rotatable bonds is 9. The molecule has 0 radical (unpaired) electrons. The molecule has 0 saturated heterocycles. The van der Waals surface area contributed by atoms with Gasteiger partial charge < -0.3 is 10.0 Å². The van der Waals surface area contributed by atoms with Gasteiger partial charge in [-0.15, -0.1) is 0 Å². The van der Waals surface area contributed by atoms with Crippen LogP contribution in [-0.4, -0.2) is 29.6 Å². The third-order valence-electron chi connectivity index (χ3n) is 5.30. The van der Waals surface area contributed by atoms with Crippen LogP contribution in [0.4, 0.5) is 0 Å². The number of aliphatic hydroxyl groups excluding tert-OH is 1. The Morgan fingerprint density at radius 3 is 2.30 bits per heavy atom. The van der Waals surface area contributed by atoms with E-state index in [0.29, 0.717) is 6.54 Å². The first-order valence-electron chi connectivity index (χ1n) is 10.1. The summed E-state index contributed by atoms with van der Waals surface area (Å²) in [6, 6.07) is 17.0. The van der Waals surface area contributed by atoms with Crippen LogP contribution in [0.5, 0.6) is 0 Å². The van der Waals surface area contributed by atoms with Gasteiger partial charge in [-0.1, -0.05) is 73.0 Å². The number of hydrogen-bond donors (Lipinski definition) is 1. The SMILES string of the molecule is CCCCN(CCCC)C[C@H](O)c1cc2ccccc2c2cc(Br)ccc12. The molecule has 1 atom stereocenters. The Hall–Kier alpha value is -1.42. The van der Waals surface area contributed by atoms with E-state index in [1.165, 1.54) is 41.8 Å². The molecule has 3 aromatic carbocycles. The zero-order chi connectivity index (χ0) is 19.2. The molecule has 2 nitrogen and oxygen atoms in total. The molecule has 0 aromatic heterocycles. The predicted molar refractivity (Wildman–Crippen MR) is 120 cm³/mol. The van der Waals surface area contributed by atoms with Gasteiger partial charge in [0.2, 0.25) is 0 Å². The molecule has 0 spiro atoms. The number of fused-ring (bicyclic) bond motifs is 3. The van der Waals surface area contributed by atoms with Crippen LogP contribution in [0.15, 0.2) is 53.0 Å². The molecule has 0 saturated carbocycles. The lowest BCUT2D eigenvalue weighted by Crippen LogP contribution is -2.30. The average molecular weight is 428 g/mol. The van der Waals surface area contributed by atoms with Gasteiger partial charge in [0, 0.05) is 11.0 Å². The Morgan fingerprint density at radius 2 is 1.59 bits per heavy atom. The van der Waals surface area contributed by atoms with Crippen LogP contribution >= 0.6 is 15.9 Å². The van der Waals surface area contributed by atoms with Gasteiger partial charge in [0.1, 0.15) is 0 Å². The molecule has 0 heterocycles. The van der Waals surface area contributed by atoms with Crippen molar-refractivity contribution in [2.24, 2.45) is 0 Å². The fourth-order valence-corrected chi connectivity index (χ4v) is 4.14. The number of unbranched alkanes of at least 4 members (excludes halogenated alkanes) is 2. The molecule has 0 aliphatic heterocycles. The third kappa shape index (κ3) is 4.90. The number of nitrogens with zero attached hydrogens (tertiary/aromatic N) is 1. The lowest BCUT2D eigenvalue weighted by molar-refractivity contribution is 0.112. The Balaban J connectivity index is 1.98. The van der Waals surface area contributed by atoms with E-state index in [-0.39, 0.29) is 0 Å². The molecule has 3 heteroatoms. The molecular weight excluding hydrogens is 398 g/mol. The van der Waals surface area contributed by atoms with E-state index in [0.717, 1.165) is 28.5 Å². The summed E-state index contributed by atoms with van der Waals surface area (Å²) in [6.45, 7) is 7.27. The van der Waals surface area contributed by atoms with Crippen molar-refractivity contribution in [2.75, 3.05) is 19.6 Å². The summed E-state index contributed by atoms with van der Waals surface area (Å²) >= 11 is 3.61. The number of hydrogen-bond acceptors (Lipinski definition) is 2. The molecule has 144 valence electrons. The highest BCUT2D eigenvalue weighted by atomic mass is 79.9. The number of benzene rings is 3. The van der Waals surface area contributed by atoms with Crippen molar-refractivity contribution in [3.05, 3.63) is 58.6 Å². The van der Waals surface area contributed by atoms with Crippen LogP contribution in [0.2, 0.25) is 0 Å². The molecule has 0 amide bonds. The van der Waals surface area contributed by atoms with Crippen molar-refractivity contribution in [3.63, 3.8) is 0 Å². The van der Waals surface area contributed by atoms with Crippen LogP contribution in [0.1, 0.15) is 51.2 Å². The predicted octanol–water partition coefficient (Wildman–Crippen LogP) is 6.69. The second-order valence-corrected chi connectivity index (χ2v) is 8.32. The first kappa shape index (κ1) is 20.3. The topological polar surface area (TPSA) is 23.5 Å². The quantitative estimate of drug-likeness (QED) is 0.384. The van der Waals surface area contributed by atoms with E-state index >= 15 is 0 Å². The maximum Gasteiger partial charge on any atom is 0.0923 e. The second-order valence-electron chi connectivity index (χ2n) is 7.40. The fraction of sp³-hybridized carbons (Fsp3) is 0.417. The molecule has 0 bridgehead atoms. The van der Waals surface area contributed by atoms with Gasteiger partial charge in [0.05, 0.1) is 6.10 Å². The van der Waals surface area contributed by atoms with Crippen molar-refractivity contribution in [1.29, 1.82) is 0 Å². The van der Waals surface area contributed by atoms with E-state index in [2.05, 4.69) is 83.2 Å². The molecule has 3 rings (SSSR count). The summed E-state index contributed by atoms with van der Waals surface area (Å²) in [4.78, 5) is 2.43. The minimum atomic E-state index is -0.480. The lowest BCUT2D eigenvalue weighted by Gasteiger charge is -2.26. The van der Waals surface area contributed by atoms with E-state index in [1.54, 1.807) is 0 Å². The molecule has 0 aliphatic carbocycles. The second kappa shape index (κ2) is 9.68. The largest absolute Gasteiger partial charge is 0.387 e. The summed E-state index contributed by atoms with van der Waals surface area (Å²) in [5.41, 5.74) is 1.04. The van der Waals surface area contributed by atoms with E-state index in [1.807, 2.05) is 0 Å². The third-order valence-corrected chi connectivity index (χ3v) is 5.79. The smallest absolute Gasteiger partial charge is 0.0923 e. The molecule has 3 aromatic rings. The van der Waals surface area contributed by atoms with Gasteiger partial charge in [0.25, 0.3) is 0 Å². The van der Waals surface area contributed by atoms with Crippen LogP contribution < -0.4 is 0 Å². The summed E-state index contributed by atoms with van der Waals surface area (Å²) in [5, 5.41) is 15.9. The van der Waals surface area contributed by atoms with E-state index in [4.69, 9.17) is 0 Å². The standard InChI is InChI=1S/C24H30BrNO/c1-3-5-13-26(14-6-4-2)17-24(27)23-15-18-9-7-8-10-20(18)22-16-19(25)11-12-21(22)23/h7-12,15-16,24,27H,3-6,13-14,17H2,1-2H3/t24-/m0/s1. The van der Waals surface area contributed by atoms with Crippen LogP contribution in [0, 0.1) is 0 Å². The maximum absolute atomic E-state index is 11.2. The highest BCUT2D eigenvalue weighted by Crippen LogP contribution is 2.34. The minimum Gasteiger partial charge on any atom is -0.387 e. The summed E-state index contributed by atoms with van der Waals surface area (Å²) in [7, 11) is 0. The van der Waals surface area contributed by atoms with Gasteiger partial charge in [-0.3, -0.25) is 0 Å². The molecular formula is C24H30BrNO. The van der Waals surface area contributed by atoms with Gasteiger partial charge in [-0.05, 0) is 71.2 Å². The number of aliphatic hydroxyl groups is 1. The molecule has 0 aliphatic rings. The Kier molecular flexibility index (Phi) is 7.28. The number of halogens is 1.